The number of nitrogens with one attached hydrogen (secondary N) is 1. The molecule has 0 radical (unpaired) electrons. The van der Waals surface area contributed by atoms with Gasteiger partial charge in [0.15, 0.2) is 5.82 Å². The Morgan fingerprint density at radius 3 is 2.30 bits per heavy atom. The normalized spacial score (nSPS) is 18.9. The van der Waals surface area contributed by atoms with Gasteiger partial charge in [-0.3, -0.25) is 0 Å². The van der Waals surface area contributed by atoms with Crippen LogP contribution < -0.4 is 15.0 Å². The highest BCUT2D eigenvalue weighted by Gasteiger charge is 2.39. The maximum atomic E-state index is 5.94. The van der Waals surface area contributed by atoms with E-state index in [1.54, 1.807) is 13.2 Å². The van der Waals surface area contributed by atoms with E-state index in [1.807, 2.05) is 18.2 Å². The molecule has 0 saturated carbocycles. The van der Waals surface area contributed by atoms with Gasteiger partial charge in [-0.15, -0.1) is 10.2 Å². The second-order valence-electron chi connectivity index (χ2n) is 8.53. The van der Waals surface area contributed by atoms with Crippen LogP contribution in [0.1, 0.15) is 40.5 Å². The summed E-state index contributed by atoms with van der Waals surface area (Å²) in [6.45, 7) is 9.01. The van der Waals surface area contributed by atoms with Gasteiger partial charge in [0.1, 0.15) is 5.15 Å². The summed E-state index contributed by atoms with van der Waals surface area (Å²) < 4.78 is 5.32. The monoisotopic (exact) mass is 389 g/mol. The maximum absolute atomic E-state index is 5.94. The fourth-order valence-corrected chi connectivity index (χ4v) is 4.29. The first kappa shape index (κ1) is 19.8. The number of hydrogen-bond acceptors (Lipinski definition) is 6. The van der Waals surface area contributed by atoms with E-state index in [1.165, 1.54) is 0 Å². The van der Waals surface area contributed by atoms with Crippen LogP contribution in [0, 0.1) is 0 Å². The number of methoxy groups -OCH3 is 1. The Balaban J connectivity index is 1.83. The molecule has 146 valence electrons. The average molecular weight is 390 g/mol. The summed E-state index contributed by atoms with van der Waals surface area (Å²) in [6, 6.07) is 7.91. The van der Waals surface area contributed by atoms with Gasteiger partial charge in [0, 0.05) is 24.2 Å². The zero-order valence-electron chi connectivity index (χ0n) is 16.9. The molecule has 3 heterocycles. The van der Waals surface area contributed by atoms with Crippen molar-refractivity contribution in [2.24, 2.45) is 0 Å². The lowest BCUT2D eigenvalue weighted by atomic mass is 9.79. The number of hydrogen-bond donors (Lipinski definition) is 1. The van der Waals surface area contributed by atoms with Crippen molar-refractivity contribution in [2.45, 2.75) is 57.7 Å². The van der Waals surface area contributed by atoms with Crippen molar-refractivity contribution in [3.63, 3.8) is 0 Å². The SMILES string of the molecule is COc1nc(Cl)ccc1-c1ccc(N(C)C2CC(C)(C)NC(C)(C)C2)nn1. The third-order valence-electron chi connectivity index (χ3n) is 5.02. The van der Waals surface area contributed by atoms with Gasteiger partial charge >= 0.3 is 0 Å². The molecule has 2 aromatic rings. The van der Waals surface area contributed by atoms with Gasteiger partial charge in [-0.2, -0.15) is 0 Å². The van der Waals surface area contributed by atoms with Crippen molar-refractivity contribution >= 4 is 17.4 Å². The number of nitrogens with zero attached hydrogens (tertiary/aromatic N) is 4. The van der Waals surface area contributed by atoms with Crippen LogP contribution in [0.2, 0.25) is 5.15 Å². The van der Waals surface area contributed by atoms with Gasteiger partial charge in [0.25, 0.3) is 0 Å². The average Bonchev–Trinajstić information content (AvgIpc) is 2.58. The molecule has 7 heteroatoms. The Labute approximate surface area is 166 Å². The van der Waals surface area contributed by atoms with E-state index < -0.39 is 0 Å². The highest BCUT2D eigenvalue weighted by Crippen LogP contribution is 2.33. The van der Waals surface area contributed by atoms with Gasteiger partial charge in [-0.1, -0.05) is 11.6 Å². The maximum Gasteiger partial charge on any atom is 0.224 e. The number of piperidine rings is 1. The van der Waals surface area contributed by atoms with E-state index in [-0.39, 0.29) is 11.1 Å². The molecular formula is C20H28ClN5O. The largest absolute Gasteiger partial charge is 0.480 e. The second-order valence-corrected chi connectivity index (χ2v) is 8.92. The molecule has 2 aromatic heterocycles. The first-order valence-corrected chi connectivity index (χ1v) is 9.55. The van der Waals surface area contributed by atoms with Crippen molar-refractivity contribution in [3.8, 4) is 17.1 Å². The minimum atomic E-state index is 0.0798. The lowest BCUT2D eigenvalue weighted by Crippen LogP contribution is -2.62. The van der Waals surface area contributed by atoms with Crippen molar-refractivity contribution in [1.82, 2.24) is 20.5 Å². The summed E-state index contributed by atoms with van der Waals surface area (Å²) in [4.78, 5) is 6.42. The summed E-state index contributed by atoms with van der Waals surface area (Å²) in [5.74, 6) is 1.30. The smallest absolute Gasteiger partial charge is 0.224 e. The van der Waals surface area contributed by atoms with E-state index in [9.17, 15) is 0 Å². The van der Waals surface area contributed by atoms with Crippen LogP contribution >= 0.6 is 11.6 Å². The zero-order valence-corrected chi connectivity index (χ0v) is 17.6. The lowest BCUT2D eigenvalue weighted by Gasteiger charge is -2.49. The molecule has 1 aliphatic rings. The summed E-state index contributed by atoms with van der Waals surface area (Å²) in [6.07, 6.45) is 2.09. The Hall–Kier alpha value is -1.92. The van der Waals surface area contributed by atoms with Crippen LogP contribution in [0.4, 0.5) is 5.82 Å². The Kier molecular flexibility index (Phi) is 5.32. The minimum Gasteiger partial charge on any atom is -0.480 e. The zero-order chi connectivity index (χ0) is 19.8. The van der Waals surface area contributed by atoms with E-state index in [2.05, 4.69) is 60.1 Å². The second kappa shape index (κ2) is 7.24. The Bertz CT molecular complexity index is 791. The number of ether oxygens (including phenoxy) is 1. The number of aromatic nitrogens is 3. The molecule has 27 heavy (non-hydrogen) atoms. The van der Waals surface area contributed by atoms with Crippen molar-refractivity contribution < 1.29 is 4.74 Å². The summed E-state index contributed by atoms with van der Waals surface area (Å²) >= 11 is 5.94. The molecule has 3 rings (SSSR count). The third-order valence-corrected chi connectivity index (χ3v) is 5.23. The molecule has 0 bridgehead atoms. The molecule has 1 saturated heterocycles. The van der Waals surface area contributed by atoms with Crippen molar-refractivity contribution in [1.29, 1.82) is 0 Å². The van der Waals surface area contributed by atoms with Crippen LogP contribution in [-0.2, 0) is 0 Å². The molecule has 1 N–H and O–H groups in total. The quantitative estimate of drug-likeness (QED) is 0.799. The Morgan fingerprint density at radius 1 is 1.07 bits per heavy atom. The number of rotatable bonds is 4. The van der Waals surface area contributed by atoms with Gasteiger partial charge < -0.3 is 15.0 Å². The molecule has 6 nitrogen and oxygen atoms in total. The molecule has 0 unspecified atom stereocenters. The minimum absolute atomic E-state index is 0.0798. The first-order valence-electron chi connectivity index (χ1n) is 9.17. The highest BCUT2D eigenvalue weighted by atomic mass is 35.5. The predicted molar refractivity (Wildman–Crippen MR) is 110 cm³/mol. The third kappa shape index (κ3) is 4.50. The molecular weight excluding hydrogens is 362 g/mol. The fraction of sp³-hybridized carbons (Fsp3) is 0.550. The fourth-order valence-electron chi connectivity index (χ4n) is 4.15. The lowest BCUT2D eigenvalue weighted by molar-refractivity contribution is 0.160. The summed E-state index contributed by atoms with van der Waals surface area (Å²) in [7, 11) is 3.66. The van der Waals surface area contributed by atoms with Crippen LogP contribution in [-0.4, -0.2) is 46.5 Å². The summed E-state index contributed by atoms with van der Waals surface area (Å²) in [5.41, 5.74) is 1.64. The van der Waals surface area contributed by atoms with Crippen molar-refractivity contribution in [2.75, 3.05) is 19.1 Å². The van der Waals surface area contributed by atoms with Crippen LogP contribution in [0.5, 0.6) is 5.88 Å². The molecule has 1 aliphatic heterocycles. The Morgan fingerprint density at radius 2 is 1.74 bits per heavy atom. The van der Waals surface area contributed by atoms with Crippen molar-refractivity contribution in [3.05, 3.63) is 29.4 Å². The number of halogens is 1. The van der Waals surface area contributed by atoms with E-state index in [0.29, 0.717) is 22.8 Å². The van der Waals surface area contributed by atoms with E-state index in [0.717, 1.165) is 24.2 Å². The van der Waals surface area contributed by atoms with Crippen LogP contribution in [0.15, 0.2) is 24.3 Å². The van der Waals surface area contributed by atoms with Crippen LogP contribution in [0.3, 0.4) is 0 Å². The van der Waals surface area contributed by atoms with Gasteiger partial charge in [-0.05, 0) is 64.8 Å². The van der Waals surface area contributed by atoms with E-state index in [4.69, 9.17) is 16.3 Å². The highest BCUT2D eigenvalue weighted by molar-refractivity contribution is 6.29. The summed E-state index contributed by atoms with van der Waals surface area (Å²) in [5, 5.41) is 13.0. The van der Waals surface area contributed by atoms with Gasteiger partial charge in [0.2, 0.25) is 5.88 Å². The first-order chi connectivity index (χ1) is 12.6. The van der Waals surface area contributed by atoms with Gasteiger partial charge in [-0.25, -0.2) is 4.98 Å². The standard InChI is InChI=1S/C20H28ClN5O/c1-19(2)11-13(12-20(3,4)25-19)26(5)17-10-8-15(23-24-17)14-7-9-16(21)22-18(14)27-6/h7-10,13,25H,11-12H2,1-6H3. The topological polar surface area (TPSA) is 63.2 Å². The predicted octanol–water partition coefficient (Wildman–Crippen LogP) is 3.95. The molecule has 0 atom stereocenters. The number of pyridine rings is 1. The molecule has 0 amide bonds. The van der Waals surface area contributed by atoms with Gasteiger partial charge in [0.05, 0.1) is 18.4 Å². The van der Waals surface area contributed by atoms with E-state index >= 15 is 0 Å². The molecule has 1 fully saturated rings. The van der Waals surface area contributed by atoms with Crippen LogP contribution in [0.25, 0.3) is 11.3 Å². The molecule has 0 aliphatic carbocycles. The molecule has 0 aromatic carbocycles. The molecule has 0 spiro atoms. The number of anilines is 1.